The van der Waals surface area contributed by atoms with Crippen molar-refractivity contribution in [1.82, 2.24) is 9.97 Å². The summed E-state index contributed by atoms with van der Waals surface area (Å²) in [6.45, 7) is 4.95. The van der Waals surface area contributed by atoms with E-state index in [0.29, 0.717) is 16.4 Å². The topological polar surface area (TPSA) is 77.8 Å². The molecule has 0 amide bonds. The summed E-state index contributed by atoms with van der Waals surface area (Å²) >= 11 is 26.9. The Kier molecular flexibility index (Phi) is 11.4. The minimum atomic E-state index is -0.527. The fourth-order valence-corrected chi connectivity index (χ4v) is 2.16. The second-order valence-corrected chi connectivity index (χ2v) is 5.85. The summed E-state index contributed by atoms with van der Waals surface area (Å²) in [5.41, 5.74) is 12.5. The molecular weight excluding hydrogens is 627 g/mol. The normalized spacial score (nSPS) is 9.58. The number of aryl methyl sites for hydroxylation is 3. The first-order chi connectivity index (χ1) is 11.1. The van der Waals surface area contributed by atoms with Crippen LogP contribution in [0.25, 0.3) is 0 Å². The minimum Gasteiger partial charge on any atom is -0.396 e. The lowest BCUT2D eigenvalue weighted by Crippen LogP contribution is -2.00. The van der Waals surface area contributed by atoms with Crippen molar-refractivity contribution in [2.24, 2.45) is 0 Å². The average molecular weight is 640 g/mol. The van der Waals surface area contributed by atoms with Gasteiger partial charge in [0.25, 0.3) is 0 Å². The predicted octanol–water partition coefficient (Wildman–Crippen LogP) is 6.78. The number of hydrogen-bond acceptors (Lipinski definition) is 4. The van der Waals surface area contributed by atoms with Crippen molar-refractivity contribution in [3.8, 4) is 0 Å². The van der Waals surface area contributed by atoms with Crippen molar-refractivity contribution >= 4 is 95.0 Å². The highest BCUT2D eigenvalue weighted by Crippen LogP contribution is 2.33. The molecule has 4 nitrogen and oxygen atoms in total. The molecule has 0 aliphatic rings. The van der Waals surface area contributed by atoms with Gasteiger partial charge in [0.15, 0.2) is 5.82 Å². The van der Waals surface area contributed by atoms with E-state index in [-0.39, 0.29) is 32.3 Å². The molecule has 0 unspecified atom stereocenters. The van der Waals surface area contributed by atoms with E-state index in [1.165, 1.54) is 0 Å². The number of pyridine rings is 2. The Morgan fingerprint density at radius 1 is 0.750 bits per heavy atom. The predicted molar refractivity (Wildman–Crippen MR) is 120 cm³/mol. The zero-order valence-electron chi connectivity index (χ0n) is 12.7. The Bertz CT molecular complexity index is 618. The van der Waals surface area contributed by atoms with Crippen LogP contribution >= 0.6 is 83.6 Å². The van der Waals surface area contributed by atoms with Gasteiger partial charge in [0.2, 0.25) is 0 Å². The molecule has 11 heteroatoms. The van der Waals surface area contributed by atoms with Crippen molar-refractivity contribution < 1.29 is 4.39 Å². The third-order valence-electron chi connectivity index (χ3n) is 2.68. The van der Waals surface area contributed by atoms with Gasteiger partial charge >= 0.3 is 0 Å². The van der Waals surface area contributed by atoms with Gasteiger partial charge in [0.1, 0.15) is 10.2 Å². The number of aromatic nitrogens is 2. The Balaban J connectivity index is 0.000000400. The van der Waals surface area contributed by atoms with E-state index in [2.05, 4.69) is 47.2 Å². The molecule has 24 heavy (non-hydrogen) atoms. The van der Waals surface area contributed by atoms with Gasteiger partial charge in [-0.05, 0) is 20.8 Å². The van der Waals surface area contributed by atoms with E-state index >= 15 is 0 Å². The molecule has 0 aliphatic heterocycles. The van der Waals surface area contributed by atoms with Gasteiger partial charge in [-0.1, -0.05) is 46.4 Å². The second-order valence-electron chi connectivity index (χ2n) is 4.35. The molecule has 0 bridgehead atoms. The largest absolute Gasteiger partial charge is 0.396 e. The third kappa shape index (κ3) is 6.31. The van der Waals surface area contributed by atoms with Gasteiger partial charge in [-0.2, -0.15) is 0 Å². The number of anilines is 2. The molecule has 0 aliphatic carbocycles. The van der Waals surface area contributed by atoms with E-state index in [1.54, 1.807) is 20.8 Å². The van der Waals surface area contributed by atoms with Crippen molar-refractivity contribution in [3.05, 3.63) is 43.1 Å². The van der Waals surface area contributed by atoms with Gasteiger partial charge < -0.3 is 11.5 Å². The van der Waals surface area contributed by atoms with Crippen molar-refractivity contribution in [3.63, 3.8) is 0 Å². The number of nitrogens with zero attached hydrogens (tertiary/aromatic N) is 2. The number of rotatable bonds is 0. The molecule has 0 atom stereocenters. The number of halogens is 7. The number of nitrogens with two attached hydrogens (primary N) is 2. The molecule has 0 spiro atoms. The van der Waals surface area contributed by atoms with Gasteiger partial charge in [0, 0.05) is 37.2 Å². The lowest BCUT2D eigenvalue weighted by Gasteiger charge is -2.04. The standard InChI is InChI=1S/C7H8ClFN2.C6H5Cl3N2.I2/c1-3-5(8)7(10)6(9)4(2)11-3;1-2-3(7)5(10)4(8)6(9)11-2;1-2/h1-2H3,(H2,10,11);1H3,(H2,10,11);. The molecule has 2 aromatic heterocycles. The molecular formula is C13H13Cl4FI2N4. The minimum absolute atomic E-state index is 0.0170. The van der Waals surface area contributed by atoms with Crippen LogP contribution in [0.2, 0.25) is 20.2 Å². The van der Waals surface area contributed by atoms with Crippen LogP contribution in [0.5, 0.6) is 0 Å². The fourth-order valence-electron chi connectivity index (χ4n) is 1.48. The molecule has 2 rings (SSSR count). The summed E-state index contributed by atoms with van der Waals surface area (Å²) in [4.78, 5) is 7.70. The van der Waals surface area contributed by atoms with Crippen LogP contribution in [0.15, 0.2) is 0 Å². The molecule has 0 aromatic carbocycles. The number of nitrogen functional groups attached to an aromatic ring is 2. The molecule has 0 saturated heterocycles. The van der Waals surface area contributed by atoms with Crippen LogP contribution in [0.1, 0.15) is 17.1 Å². The second kappa shape index (κ2) is 11.2. The summed E-state index contributed by atoms with van der Waals surface area (Å²) in [5, 5.41) is 0.959. The van der Waals surface area contributed by atoms with Gasteiger partial charge in [0.05, 0.1) is 38.5 Å². The van der Waals surface area contributed by atoms with Gasteiger partial charge in [-0.3, -0.25) is 4.98 Å². The maximum absolute atomic E-state index is 12.9. The smallest absolute Gasteiger partial charge is 0.168 e. The highest BCUT2D eigenvalue weighted by atomic mass is 128. The SMILES string of the molecule is Cc1nc(C)c(Cl)c(N)c1F.Cc1nc(Cl)c(Cl)c(N)c1Cl.II. The number of hydrogen-bond donors (Lipinski definition) is 2. The Morgan fingerprint density at radius 3 is 1.67 bits per heavy atom. The summed E-state index contributed by atoms with van der Waals surface area (Å²) < 4.78 is 12.9. The lowest BCUT2D eigenvalue weighted by atomic mass is 10.2. The molecule has 0 saturated carbocycles. The first kappa shape index (κ1) is 24.5. The summed E-state index contributed by atoms with van der Waals surface area (Å²) in [5.74, 6) is -0.527. The quantitative estimate of drug-likeness (QED) is 0.246. The lowest BCUT2D eigenvalue weighted by molar-refractivity contribution is 0.613. The van der Waals surface area contributed by atoms with E-state index in [1.807, 2.05) is 0 Å². The highest BCUT2D eigenvalue weighted by molar-refractivity contribution is 15.0. The van der Waals surface area contributed by atoms with Gasteiger partial charge in [-0.25, -0.2) is 9.37 Å². The van der Waals surface area contributed by atoms with Gasteiger partial charge in [-0.15, -0.1) is 0 Å². The summed E-state index contributed by atoms with van der Waals surface area (Å²) in [7, 11) is 0. The molecule has 2 heterocycles. The maximum atomic E-state index is 12.9. The highest BCUT2D eigenvalue weighted by Gasteiger charge is 2.11. The van der Waals surface area contributed by atoms with Crippen LogP contribution in [0.4, 0.5) is 15.8 Å². The Labute approximate surface area is 183 Å². The van der Waals surface area contributed by atoms with Crippen LogP contribution in [-0.4, -0.2) is 9.97 Å². The summed E-state index contributed by atoms with van der Waals surface area (Å²) in [6.07, 6.45) is 0. The van der Waals surface area contributed by atoms with Crippen molar-refractivity contribution in [1.29, 1.82) is 0 Å². The van der Waals surface area contributed by atoms with Crippen LogP contribution in [-0.2, 0) is 0 Å². The molecule has 0 fully saturated rings. The van der Waals surface area contributed by atoms with E-state index in [4.69, 9.17) is 57.9 Å². The van der Waals surface area contributed by atoms with E-state index in [9.17, 15) is 4.39 Å². The zero-order chi connectivity index (χ0) is 19.2. The first-order valence-electron chi connectivity index (χ1n) is 6.06. The molecule has 2 aromatic rings. The van der Waals surface area contributed by atoms with Crippen molar-refractivity contribution in [2.45, 2.75) is 20.8 Å². The average Bonchev–Trinajstić information content (AvgIpc) is 2.57. The van der Waals surface area contributed by atoms with Crippen LogP contribution in [0.3, 0.4) is 0 Å². The molecule has 4 N–H and O–H groups in total. The van der Waals surface area contributed by atoms with Crippen molar-refractivity contribution in [2.75, 3.05) is 11.5 Å². The van der Waals surface area contributed by atoms with Crippen LogP contribution < -0.4 is 11.5 Å². The van der Waals surface area contributed by atoms with E-state index < -0.39 is 5.82 Å². The zero-order valence-corrected chi connectivity index (χ0v) is 20.0. The Hall–Kier alpha value is 0.450. The maximum Gasteiger partial charge on any atom is 0.168 e. The molecule has 134 valence electrons. The van der Waals surface area contributed by atoms with E-state index in [0.717, 1.165) is 0 Å². The molecule has 0 radical (unpaired) electrons. The summed E-state index contributed by atoms with van der Waals surface area (Å²) in [6, 6.07) is 0. The Morgan fingerprint density at radius 2 is 1.17 bits per heavy atom. The monoisotopic (exact) mass is 638 g/mol. The first-order valence-corrected chi connectivity index (χ1v) is 13.9. The van der Waals surface area contributed by atoms with Crippen LogP contribution in [0, 0.1) is 26.6 Å². The third-order valence-corrected chi connectivity index (χ3v) is 4.39. The fraction of sp³-hybridized carbons (Fsp3) is 0.231.